The maximum Gasteiger partial charge on any atom is 0.281 e. The number of sulfonamides is 1. The number of carbonyl (C=O) groups is 1. The SMILES string of the molecule is Cc1cccc(S(=O)(=O)NC(=O)c2ccc(-c3cc(F)cc(OCC(C)C)c3)nc2OC(C)c2cccnc2)n1. The maximum atomic E-state index is 14.5. The van der Waals surface area contributed by atoms with Crippen LogP contribution in [0.4, 0.5) is 4.39 Å². The Bertz CT molecular complexity index is 1610. The summed E-state index contributed by atoms with van der Waals surface area (Å²) in [6.45, 7) is 7.74. The number of aryl methyl sites for hydroxylation is 1. The Morgan fingerprint density at radius 2 is 1.82 bits per heavy atom. The first-order valence-corrected chi connectivity index (χ1v) is 14.0. The summed E-state index contributed by atoms with van der Waals surface area (Å²) < 4.78 is 54.0. The van der Waals surface area contributed by atoms with Gasteiger partial charge in [-0.05, 0) is 62.2 Å². The molecule has 9 nitrogen and oxygen atoms in total. The van der Waals surface area contributed by atoms with Crippen molar-refractivity contribution >= 4 is 15.9 Å². The normalized spacial score (nSPS) is 12.2. The number of hydrogen-bond donors (Lipinski definition) is 1. The first-order chi connectivity index (χ1) is 19.0. The van der Waals surface area contributed by atoms with Gasteiger partial charge in [0.25, 0.3) is 15.9 Å². The fourth-order valence-electron chi connectivity index (χ4n) is 3.67. The van der Waals surface area contributed by atoms with Gasteiger partial charge in [0.2, 0.25) is 5.88 Å². The topological polar surface area (TPSA) is 120 Å². The van der Waals surface area contributed by atoms with Gasteiger partial charge in [0.1, 0.15) is 23.2 Å². The standard InChI is InChI=1S/C29H29FN4O5S/c1-18(2)17-38-24-14-22(13-23(30)15-24)26-11-10-25(29(33-26)39-20(4)21-8-6-12-31-16-21)28(35)34-40(36,37)27-9-5-7-19(3)32-27/h5-16,18,20H,17H2,1-4H3,(H,34,35). The number of carbonyl (C=O) groups excluding carboxylic acids is 1. The zero-order valence-electron chi connectivity index (χ0n) is 22.5. The van der Waals surface area contributed by atoms with Gasteiger partial charge in [-0.2, -0.15) is 8.42 Å². The Morgan fingerprint density at radius 1 is 1.02 bits per heavy atom. The fourth-order valence-corrected chi connectivity index (χ4v) is 4.65. The zero-order chi connectivity index (χ0) is 28.9. The van der Waals surface area contributed by atoms with Crippen LogP contribution in [0.5, 0.6) is 11.6 Å². The molecule has 0 spiro atoms. The molecule has 0 bridgehead atoms. The van der Waals surface area contributed by atoms with E-state index >= 15 is 0 Å². The molecule has 0 saturated carbocycles. The number of nitrogens with zero attached hydrogens (tertiary/aromatic N) is 3. The molecule has 4 rings (SSSR count). The van der Waals surface area contributed by atoms with Crippen molar-refractivity contribution in [2.24, 2.45) is 5.92 Å². The van der Waals surface area contributed by atoms with Crippen molar-refractivity contribution in [3.05, 3.63) is 95.7 Å². The fraction of sp³-hybridized carbons (Fsp3) is 0.241. The van der Waals surface area contributed by atoms with Crippen LogP contribution in [0.1, 0.15) is 48.5 Å². The molecule has 3 heterocycles. The number of aromatic nitrogens is 3. The first kappa shape index (κ1) is 28.6. The molecule has 0 aliphatic rings. The van der Waals surface area contributed by atoms with Gasteiger partial charge in [-0.25, -0.2) is 19.1 Å². The minimum atomic E-state index is -4.28. The number of benzene rings is 1. The van der Waals surface area contributed by atoms with E-state index in [2.05, 4.69) is 15.0 Å². The van der Waals surface area contributed by atoms with E-state index in [4.69, 9.17) is 9.47 Å². The van der Waals surface area contributed by atoms with E-state index in [0.717, 1.165) is 0 Å². The highest BCUT2D eigenvalue weighted by Gasteiger charge is 2.25. The van der Waals surface area contributed by atoms with E-state index in [-0.39, 0.29) is 22.4 Å². The Balaban J connectivity index is 1.72. The second-order valence-electron chi connectivity index (χ2n) is 9.53. The lowest BCUT2D eigenvalue weighted by Crippen LogP contribution is -2.31. The predicted molar refractivity (Wildman–Crippen MR) is 147 cm³/mol. The third kappa shape index (κ3) is 7.17. The lowest BCUT2D eigenvalue weighted by atomic mass is 10.1. The third-order valence-corrected chi connectivity index (χ3v) is 6.89. The van der Waals surface area contributed by atoms with Crippen molar-refractivity contribution in [1.29, 1.82) is 0 Å². The largest absolute Gasteiger partial charge is 0.493 e. The van der Waals surface area contributed by atoms with E-state index in [0.29, 0.717) is 34.9 Å². The molecule has 0 saturated heterocycles. The van der Waals surface area contributed by atoms with Crippen molar-refractivity contribution in [3.8, 4) is 22.9 Å². The molecule has 0 fully saturated rings. The molecule has 1 N–H and O–H groups in total. The molecule has 1 aromatic carbocycles. The van der Waals surface area contributed by atoms with Crippen LogP contribution in [0.25, 0.3) is 11.3 Å². The molecule has 3 aromatic heterocycles. The third-order valence-electron chi connectivity index (χ3n) is 5.66. The summed E-state index contributed by atoms with van der Waals surface area (Å²) in [6, 6.07) is 15.0. The van der Waals surface area contributed by atoms with Crippen LogP contribution in [0.3, 0.4) is 0 Å². The molecule has 0 aliphatic heterocycles. The maximum absolute atomic E-state index is 14.5. The van der Waals surface area contributed by atoms with Crippen molar-refractivity contribution in [2.75, 3.05) is 6.61 Å². The molecule has 1 amide bonds. The molecule has 0 aliphatic carbocycles. The summed E-state index contributed by atoms with van der Waals surface area (Å²) in [7, 11) is -4.28. The molecular formula is C29H29FN4O5S. The van der Waals surface area contributed by atoms with Crippen molar-refractivity contribution < 1.29 is 27.1 Å². The zero-order valence-corrected chi connectivity index (χ0v) is 23.3. The van der Waals surface area contributed by atoms with Crippen LogP contribution in [0.15, 0.2) is 78.1 Å². The Hall–Kier alpha value is -4.38. The van der Waals surface area contributed by atoms with E-state index < -0.39 is 27.9 Å². The average molecular weight is 565 g/mol. The van der Waals surface area contributed by atoms with Crippen LogP contribution < -0.4 is 14.2 Å². The Morgan fingerprint density at radius 3 is 2.52 bits per heavy atom. The van der Waals surface area contributed by atoms with Gasteiger partial charge < -0.3 is 9.47 Å². The van der Waals surface area contributed by atoms with Gasteiger partial charge in [0.15, 0.2) is 5.03 Å². The average Bonchev–Trinajstić information content (AvgIpc) is 2.91. The second-order valence-corrected chi connectivity index (χ2v) is 11.2. The Kier molecular flexibility index (Phi) is 8.73. The first-order valence-electron chi connectivity index (χ1n) is 12.5. The van der Waals surface area contributed by atoms with Gasteiger partial charge in [-0.1, -0.05) is 26.0 Å². The lowest BCUT2D eigenvalue weighted by molar-refractivity contribution is 0.0973. The predicted octanol–water partition coefficient (Wildman–Crippen LogP) is 5.28. The smallest absolute Gasteiger partial charge is 0.281 e. The lowest BCUT2D eigenvalue weighted by Gasteiger charge is -2.18. The quantitative estimate of drug-likeness (QED) is 0.276. The molecule has 40 heavy (non-hydrogen) atoms. The van der Waals surface area contributed by atoms with Crippen LogP contribution in [0, 0.1) is 18.7 Å². The summed E-state index contributed by atoms with van der Waals surface area (Å²) >= 11 is 0. The molecule has 0 radical (unpaired) electrons. The van der Waals surface area contributed by atoms with Crippen LogP contribution in [-0.4, -0.2) is 35.9 Å². The molecule has 1 unspecified atom stereocenters. The summed E-state index contributed by atoms with van der Waals surface area (Å²) in [6.07, 6.45) is 2.61. The number of halogens is 1. The van der Waals surface area contributed by atoms with Crippen molar-refractivity contribution in [1.82, 2.24) is 19.7 Å². The van der Waals surface area contributed by atoms with Gasteiger partial charge in [-0.15, -0.1) is 0 Å². The number of hydrogen-bond acceptors (Lipinski definition) is 8. The summed E-state index contributed by atoms with van der Waals surface area (Å²) in [4.78, 5) is 25.8. The van der Waals surface area contributed by atoms with Crippen molar-refractivity contribution in [3.63, 3.8) is 0 Å². The van der Waals surface area contributed by atoms with Crippen LogP contribution >= 0.6 is 0 Å². The van der Waals surface area contributed by atoms with E-state index in [1.54, 1.807) is 50.5 Å². The van der Waals surface area contributed by atoms with Crippen molar-refractivity contribution in [2.45, 2.75) is 38.8 Å². The van der Waals surface area contributed by atoms with Gasteiger partial charge in [0, 0.05) is 35.3 Å². The highest BCUT2D eigenvalue weighted by molar-refractivity contribution is 7.90. The molecule has 1 atom stereocenters. The van der Waals surface area contributed by atoms with Gasteiger partial charge in [-0.3, -0.25) is 9.78 Å². The molecule has 208 valence electrons. The van der Waals surface area contributed by atoms with E-state index in [9.17, 15) is 17.6 Å². The second kappa shape index (κ2) is 12.2. The highest BCUT2D eigenvalue weighted by Crippen LogP contribution is 2.30. The van der Waals surface area contributed by atoms with Gasteiger partial charge in [0.05, 0.1) is 12.3 Å². The Labute approximate surface area is 232 Å². The molecule has 11 heteroatoms. The van der Waals surface area contributed by atoms with E-state index in [1.807, 2.05) is 18.6 Å². The number of rotatable bonds is 10. The highest BCUT2D eigenvalue weighted by atomic mass is 32.2. The van der Waals surface area contributed by atoms with Crippen LogP contribution in [-0.2, 0) is 10.0 Å². The summed E-state index contributed by atoms with van der Waals surface area (Å²) in [5.41, 5.74) is 1.72. The number of pyridine rings is 3. The summed E-state index contributed by atoms with van der Waals surface area (Å²) in [5, 5.41) is -0.301. The van der Waals surface area contributed by atoms with Gasteiger partial charge >= 0.3 is 0 Å². The minimum absolute atomic E-state index is 0.136. The minimum Gasteiger partial charge on any atom is -0.493 e. The monoisotopic (exact) mass is 564 g/mol. The molecule has 4 aromatic rings. The van der Waals surface area contributed by atoms with E-state index in [1.165, 1.54) is 36.4 Å². The number of nitrogens with one attached hydrogen (secondary N) is 1. The number of ether oxygens (including phenoxy) is 2. The molecular weight excluding hydrogens is 535 g/mol. The van der Waals surface area contributed by atoms with Crippen LogP contribution in [0.2, 0.25) is 0 Å². The number of amides is 1. The summed E-state index contributed by atoms with van der Waals surface area (Å²) in [5.74, 6) is -1.07.